The lowest BCUT2D eigenvalue weighted by Gasteiger charge is -2.13. The van der Waals surface area contributed by atoms with Crippen molar-refractivity contribution in [2.75, 3.05) is 0 Å². The summed E-state index contributed by atoms with van der Waals surface area (Å²) in [6, 6.07) is 2.60. The molecule has 8 nitrogen and oxygen atoms in total. The van der Waals surface area contributed by atoms with Gasteiger partial charge in [-0.1, -0.05) is 0 Å². The Kier molecular flexibility index (Phi) is 5.09. The summed E-state index contributed by atoms with van der Waals surface area (Å²) < 4.78 is 81.7. The highest BCUT2D eigenvalue weighted by Gasteiger charge is 2.36. The topological polar surface area (TPSA) is 86.9 Å². The highest BCUT2D eigenvalue weighted by atomic mass is 19.4. The van der Waals surface area contributed by atoms with Crippen molar-refractivity contribution < 1.29 is 35.9 Å². The minimum absolute atomic E-state index is 0.250. The molecule has 1 aliphatic carbocycles. The second-order valence-corrected chi connectivity index (χ2v) is 6.98. The number of nitrogens with one attached hydrogen (secondary N) is 1. The van der Waals surface area contributed by atoms with Gasteiger partial charge in [-0.3, -0.25) is 9.48 Å². The Morgan fingerprint density at radius 1 is 1.19 bits per heavy atom. The predicted molar refractivity (Wildman–Crippen MR) is 94.8 cm³/mol. The van der Waals surface area contributed by atoms with E-state index in [4.69, 9.17) is 0 Å². The maximum atomic E-state index is 12.8. The minimum atomic E-state index is -4.90. The Labute approximate surface area is 175 Å². The number of carbonyl (C=O) groups is 1. The number of alkyl halides is 6. The van der Waals surface area contributed by atoms with Crippen molar-refractivity contribution in [3.8, 4) is 11.6 Å². The lowest BCUT2D eigenvalue weighted by Crippen LogP contribution is -2.28. The van der Waals surface area contributed by atoms with E-state index in [1.807, 2.05) is 0 Å². The molecule has 170 valence electrons. The summed E-state index contributed by atoms with van der Waals surface area (Å²) in [5.41, 5.74) is 0.0131. The summed E-state index contributed by atoms with van der Waals surface area (Å²) in [6.45, 7) is 0. The molecule has 0 radical (unpaired) electrons. The smallest absolute Gasteiger partial charge is 0.388 e. The molecule has 0 saturated heterocycles. The van der Waals surface area contributed by atoms with Crippen molar-refractivity contribution in [1.29, 1.82) is 0 Å². The maximum absolute atomic E-state index is 12.8. The summed E-state index contributed by atoms with van der Waals surface area (Å²) in [5.74, 6) is -1.40. The Bertz CT molecular complexity index is 1170. The first kappa shape index (κ1) is 21.6. The Hall–Kier alpha value is -3.58. The van der Waals surface area contributed by atoms with Crippen LogP contribution in [0.5, 0.6) is 5.88 Å². The molecule has 0 aliphatic heterocycles. The van der Waals surface area contributed by atoms with Crippen LogP contribution in [0.3, 0.4) is 0 Å². The Morgan fingerprint density at radius 2 is 1.94 bits per heavy atom. The van der Waals surface area contributed by atoms with Gasteiger partial charge in [0.25, 0.3) is 5.91 Å². The fraction of sp³-hybridized carbons (Fsp3) is 0.333. The molecule has 0 unspecified atom stereocenters. The molecule has 0 saturated carbocycles. The van der Waals surface area contributed by atoms with Crippen LogP contribution in [0, 0.1) is 0 Å². The van der Waals surface area contributed by atoms with Gasteiger partial charge in [0, 0.05) is 37.1 Å². The van der Waals surface area contributed by atoms with Crippen molar-refractivity contribution in [2.45, 2.75) is 31.4 Å². The molecule has 1 N–H and O–H groups in total. The van der Waals surface area contributed by atoms with Crippen molar-refractivity contribution in [1.82, 2.24) is 29.9 Å². The molecule has 1 atom stereocenters. The molecule has 1 aliphatic rings. The van der Waals surface area contributed by atoms with Crippen molar-refractivity contribution in [3.63, 3.8) is 0 Å². The van der Waals surface area contributed by atoms with E-state index in [9.17, 15) is 31.1 Å². The number of pyridine rings is 1. The van der Waals surface area contributed by atoms with Gasteiger partial charge in [0.15, 0.2) is 5.69 Å². The molecule has 0 aromatic carbocycles. The number of aryl methyl sites for hydroxylation is 2. The summed E-state index contributed by atoms with van der Waals surface area (Å²) in [7, 11) is 1.23. The van der Waals surface area contributed by atoms with Gasteiger partial charge in [-0.05, 0) is 18.9 Å². The van der Waals surface area contributed by atoms with Crippen LogP contribution in [0.1, 0.15) is 39.9 Å². The third kappa shape index (κ3) is 4.38. The molecule has 0 fully saturated rings. The fourth-order valence-electron chi connectivity index (χ4n) is 3.39. The lowest BCUT2D eigenvalue weighted by molar-refractivity contribution is -0.276. The predicted octanol–water partition coefficient (Wildman–Crippen LogP) is 3.34. The molecular formula is C18H14F6N6O2. The standard InChI is InChI=1S/C18H14F6N6O2/c1-29-13(7-14(28-29)17(19,20)21)16(31)26-11-2-3-12-10(11)8-30(27-12)9-4-5-25-15(6-9)32-18(22,23)24/h4-8,11H,2-3H2,1H3,(H,26,31)/t11-/m0/s1. The number of fused-ring (bicyclic) bond motifs is 1. The van der Waals surface area contributed by atoms with Gasteiger partial charge in [0.2, 0.25) is 5.88 Å². The van der Waals surface area contributed by atoms with E-state index in [-0.39, 0.29) is 11.4 Å². The molecule has 14 heteroatoms. The highest BCUT2D eigenvalue weighted by Crippen LogP contribution is 2.33. The summed E-state index contributed by atoms with van der Waals surface area (Å²) in [4.78, 5) is 16.0. The normalized spacial score (nSPS) is 16.2. The number of carbonyl (C=O) groups excluding carboxylic acids is 1. The van der Waals surface area contributed by atoms with Gasteiger partial charge in [-0.2, -0.15) is 23.4 Å². The summed E-state index contributed by atoms with van der Waals surface area (Å²) in [5, 5.41) is 10.3. The van der Waals surface area contributed by atoms with Crippen LogP contribution >= 0.6 is 0 Å². The van der Waals surface area contributed by atoms with E-state index in [1.165, 1.54) is 24.0 Å². The number of hydrogen-bond acceptors (Lipinski definition) is 5. The third-order valence-corrected chi connectivity index (χ3v) is 4.78. The quantitative estimate of drug-likeness (QED) is 0.604. The second kappa shape index (κ2) is 7.53. The molecule has 0 spiro atoms. The number of aromatic nitrogens is 5. The van der Waals surface area contributed by atoms with Crippen LogP contribution in [-0.4, -0.2) is 36.8 Å². The maximum Gasteiger partial charge on any atom is 0.574 e. The summed E-state index contributed by atoms with van der Waals surface area (Å²) in [6.07, 6.45) is -5.99. The van der Waals surface area contributed by atoms with E-state index >= 15 is 0 Å². The SMILES string of the molecule is Cn1nc(C(F)(F)F)cc1C(=O)N[C@H]1CCc2nn(-c3ccnc(OC(F)(F)F)c3)cc21. The molecule has 3 heterocycles. The van der Waals surface area contributed by atoms with Gasteiger partial charge in [0.1, 0.15) is 5.69 Å². The second-order valence-electron chi connectivity index (χ2n) is 6.98. The van der Waals surface area contributed by atoms with Crippen molar-refractivity contribution in [2.24, 2.45) is 7.05 Å². The number of amides is 1. The Balaban J connectivity index is 1.53. The van der Waals surface area contributed by atoms with Gasteiger partial charge in [0.05, 0.1) is 17.4 Å². The van der Waals surface area contributed by atoms with E-state index in [0.717, 1.165) is 16.9 Å². The first-order valence-electron chi connectivity index (χ1n) is 9.13. The molecule has 32 heavy (non-hydrogen) atoms. The van der Waals surface area contributed by atoms with E-state index < -0.39 is 36.1 Å². The van der Waals surface area contributed by atoms with Crippen LogP contribution in [-0.2, 0) is 19.6 Å². The van der Waals surface area contributed by atoms with Crippen molar-refractivity contribution >= 4 is 5.91 Å². The first-order chi connectivity index (χ1) is 14.9. The largest absolute Gasteiger partial charge is 0.574 e. The zero-order chi connectivity index (χ0) is 23.3. The highest BCUT2D eigenvalue weighted by molar-refractivity contribution is 5.93. The van der Waals surface area contributed by atoms with E-state index in [0.29, 0.717) is 30.2 Å². The van der Waals surface area contributed by atoms with Gasteiger partial charge >= 0.3 is 12.5 Å². The number of rotatable bonds is 4. The minimum Gasteiger partial charge on any atom is -0.388 e. The van der Waals surface area contributed by atoms with Crippen molar-refractivity contribution in [3.05, 3.63) is 53.2 Å². The molecule has 1 amide bonds. The molecule has 3 aromatic rings. The number of ether oxygens (including phenoxy) is 1. The summed E-state index contributed by atoms with van der Waals surface area (Å²) >= 11 is 0. The van der Waals surface area contributed by atoms with Gasteiger partial charge < -0.3 is 10.1 Å². The van der Waals surface area contributed by atoms with E-state index in [1.54, 1.807) is 0 Å². The molecule has 4 rings (SSSR count). The molecule has 3 aromatic heterocycles. The van der Waals surface area contributed by atoms with Crippen LogP contribution < -0.4 is 10.1 Å². The lowest BCUT2D eigenvalue weighted by atomic mass is 10.2. The molecule has 0 bridgehead atoms. The average molecular weight is 460 g/mol. The zero-order valence-electron chi connectivity index (χ0n) is 16.2. The third-order valence-electron chi connectivity index (χ3n) is 4.78. The number of halogens is 6. The Morgan fingerprint density at radius 3 is 2.59 bits per heavy atom. The van der Waals surface area contributed by atoms with E-state index in [2.05, 4.69) is 25.2 Å². The van der Waals surface area contributed by atoms with Crippen LogP contribution in [0.4, 0.5) is 26.3 Å². The zero-order valence-corrected chi connectivity index (χ0v) is 16.2. The van der Waals surface area contributed by atoms with Gasteiger partial charge in [-0.15, -0.1) is 13.2 Å². The van der Waals surface area contributed by atoms with Crippen LogP contribution in [0.25, 0.3) is 5.69 Å². The van der Waals surface area contributed by atoms with Crippen LogP contribution in [0.15, 0.2) is 30.6 Å². The van der Waals surface area contributed by atoms with Gasteiger partial charge in [-0.25, -0.2) is 9.67 Å². The fourth-order valence-corrected chi connectivity index (χ4v) is 3.39. The molecular weight excluding hydrogens is 446 g/mol. The average Bonchev–Trinajstić information content (AvgIpc) is 3.35. The first-order valence-corrected chi connectivity index (χ1v) is 9.13. The number of nitrogens with zero attached hydrogens (tertiary/aromatic N) is 5. The number of hydrogen-bond donors (Lipinski definition) is 1. The monoisotopic (exact) mass is 460 g/mol. The van der Waals surface area contributed by atoms with Crippen LogP contribution in [0.2, 0.25) is 0 Å².